The van der Waals surface area contributed by atoms with Gasteiger partial charge in [0.25, 0.3) is 0 Å². The van der Waals surface area contributed by atoms with Gasteiger partial charge < -0.3 is 21.3 Å². The Hall–Kier alpha value is -0.910. The summed E-state index contributed by atoms with van der Waals surface area (Å²) in [6.45, 7) is 7.65. The number of carbonyl (C=O) groups is 1. The molecule has 5 heteroatoms. The van der Waals surface area contributed by atoms with E-state index in [9.17, 15) is 15.0 Å². The second-order valence-electron chi connectivity index (χ2n) is 10.1. The molecular weight excluding hydrogens is 388 g/mol. The van der Waals surface area contributed by atoms with Crippen molar-refractivity contribution in [2.75, 3.05) is 0 Å². The molecule has 0 aromatic rings. The number of aliphatic hydroxyl groups is 2. The van der Waals surface area contributed by atoms with Crippen LogP contribution in [0.25, 0.3) is 0 Å². The maximum atomic E-state index is 12.4. The van der Waals surface area contributed by atoms with E-state index in [1.807, 2.05) is 13.8 Å². The van der Waals surface area contributed by atoms with E-state index >= 15 is 0 Å². The topological polar surface area (TPSA) is 95.6 Å². The van der Waals surface area contributed by atoms with Crippen molar-refractivity contribution >= 4 is 5.91 Å². The molecule has 1 amide bonds. The van der Waals surface area contributed by atoms with Gasteiger partial charge in [0.2, 0.25) is 5.91 Å². The largest absolute Gasteiger partial charge is 0.390 e. The van der Waals surface area contributed by atoms with Crippen LogP contribution >= 0.6 is 0 Å². The first-order chi connectivity index (χ1) is 14.8. The highest BCUT2D eigenvalue weighted by molar-refractivity contribution is 5.82. The van der Waals surface area contributed by atoms with E-state index in [1.165, 1.54) is 64.2 Å². The van der Waals surface area contributed by atoms with Gasteiger partial charge >= 0.3 is 0 Å². The molecule has 0 aliphatic heterocycles. The summed E-state index contributed by atoms with van der Waals surface area (Å²) in [4.78, 5) is 12.4. The number of nitrogens with two attached hydrogens (primary N) is 1. The number of amides is 1. The molecule has 0 aromatic heterocycles. The molecule has 5 N–H and O–H groups in total. The molecule has 0 saturated heterocycles. The normalized spacial score (nSPS) is 19.0. The molecule has 182 valence electrons. The zero-order valence-corrected chi connectivity index (χ0v) is 20.2. The maximum absolute atomic E-state index is 12.4. The number of nitrogens with one attached hydrogen (secondary N) is 1. The summed E-state index contributed by atoms with van der Waals surface area (Å²) in [6, 6.07) is -1.14. The molecule has 31 heavy (non-hydrogen) atoms. The molecule has 0 aromatic carbocycles. The van der Waals surface area contributed by atoms with E-state index in [0.29, 0.717) is 19.3 Å². The summed E-state index contributed by atoms with van der Waals surface area (Å²) in [5.41, 5.74) is 5.88. The van der Waals surface area contributed by atoms with E-state index in [0.717, 1.165) is 18.8 Å². The highest BCUT2D eigenvalue weighted by Crippen LogP contribution is 2.28. The minimum atomic E-state index is -0.974. The fraction of sp³-hybridized carbons (Fsp3) is 0.885. The van der Waals surface area contributed by atoms with Crippen molar-refractivity contribution < 1.29 is 15.0 Å². The van der Waals surface area contributed by atoms with Crippen LogP contribution < -0.4 is 11.1 Å². The van der Waals surface area contributed by atoms with Crippen LogP contribution in [-0.4, -0.2) is 40.4 Å². The van der Waals surface area contributed by atoms with Gasteiger partial charge in [-0.05, 0) is 31.1 Å². The van der Waals surface area contributed by atoms with Crippen LogP contribution in [-0.2, 0) is 4.79 Å². The molecule has 4 atom stereocenters. The molecule has 5 nitrogen and oxygen atoms in total. The van der Waals surface area contributed by atoms with Crippen LogP contribution in [0.5, 0.6) is 0 Å². The Morgan fingerprint density at radius 3 is 2.29 bits per heavy atom. The average Bonchev–Trinajstić information content (AvgIpc) is 2.74. The molecule has 1 rings (SSSR count). The third-order valence-electron chi connectivity index (χ3n) is 6.71. The van der Waals surface area contributed by atoms with Crippen LogP contribution in [0.2, 0.25) is 0 Å². The van der Waals surface area contributed by atoms with Gasteiger partial charge in [0.15, 0.2) is 0 Å². The van der Waals surface area contributed by atoms with E-state index in [4.69, 9.17) is 5.73 Å². The number of rotatable bonds is 17. The lowest BCUT2D eigenvalue weighted by Gasteiger charge is -2.29. The molecule has 0 heterocycles. The predicted octanol–water partition coefficient (Wildman–Crippen LogP) is 4.84. The minimum Gasteiger partial charge on any atom is -0.390 e. The van der Waals surface area contributed by atoms with Gasteiger partial charge in [-0.3, -0.25) is 4.79 Å². The van der Waals surface area contributed by atoms with Crippen molar-refractivity contribution in [2.45, 2.75) is 134 Å². The quantitative estimate of drug-likeness (QED) is 0.193. The van der Waals surface area contributed by atoms with E-state index < -0.39 is 24.3 Å². The fourth-order valence-corrected chi connectivity index (χ4v) is 4.78. The van der Waals surface area contributed by atoms with Crippen molar-refractivity contribution in [2.24, 2.45) is 17.6 Å². The SMILES string of the molecule is C=CC[C@H](N)C(=O)N[C@@H](CCCCCCCCC1CCCCC1)[C@@H](O)[C@@H](O)CC(C)C. The second kappa shape index (κ2) is 16.7. The van der Waals surface area contributed by atoms with Gasteiger partial charge in [0, 0.05) is 0 Å². The molecular formula is C26H50N2O3. The average molecular weight is 439 g/mol. The molecule has 0 radical (unpaired) electrons. The van der Waals surface area contributed by atoms with Gasteiger partial charge in [-0.25, -0.2) is 0 Å². The number of hydrogen-bond acceptors (Lipinski definition) is 4. The van der Waals surface area contributed by atoms with E-state index in [-0.39, 0.29) is 11.8 Å². The molecule has 1 fully saturated rings. The maximum Gasteiger partial charge on any atom is 0.237 e. The van der Waals surface area contributed by atoms with Crippen LogP contribution in [0.15, 0.2) is 12.7 Å². The second-order valence-corrected chi connectivity index (χ2v) is 10.1. The summed E-state index contributed by atoms with van der Waals surface area (Å²) < 4.78 is 0. The predicted molar refractivity (Wildman–Crippen MR) is 130 cm³/mol. The monoisotopic (exact) mass is 438 g/mol. The van der Waals surface area contributed by atoms with Crippen LogP contribution in [0.1, 0.15) is 110 Å². The first-order valence-corrected chi connectivity index (χ1v) is 12.9. The highest BCUT2D eigenvalue weighted by atomic mass is 16.3. The first kappa shape index (κ1) is 28.1. The Labute approximate surface area is 191 Å². The Morgan fingerprint density at radius 1 is 1.06 bits per heavy atom. The Bertz CT molecular complexity index is 477. The zero-order chi connectivity index (χ0) is 23.1. The van der Waals surface area contributed by atoms with Crippen molar-refractivity contribution in [1.29, 1.82) is 0 Å². The van der Waals surface area contributed by atoms with E-state index in [2.05, 4.69) is 11.9 Å². The molecule has 0 spiro atoms. The number of hydrogen-bond donors (Lipinski definition) is 4. The van der Waals surface area contributed by atoms with Gasteiger partial charge in [0.1, 0.15) is 0 Å². The lowest BCUT2D eigenvalue weighted by atomic mass is 9.85. The number of aliphatic hydroxyl groups excluding tert-OH is 2. The third kappa shape index (κ3) is 12.6. The van der Waals surface area contributed by atoms with Crippen molar-refractivity contribution in [3.63, 3.8) is 0 Å². The zero-order valence-electron chi connectivity index (χ0n) is 20.2. The Balaban J connectivity index is 2.33. The summed E-state index contributed by atoms with van der Waals surface area (Å²) in [5, 5.41) is 23.9. The van der Waals surface area contributed by atoms with Crippen LogP contribution in [0.4, 0.5) is 0 Å². The van der Waals surface area contributed by atoms with Gasteiger partial charge in [-0.15, -0.1) is 6.58 Å². The first-order valence-electron chi connectivity index (χ1n) is 12.9. The van der Waals surface area contributed by atoms with Crippen LogP contribution in [0.3, 0.4) is 0 Å². The highest BCUT2D eigenvalue weighted by Gasteiger charge is 2.29. The summed E-state index contributed by atoms with van der Waals surface area (Å²) in [6.07, 6.45) is 17.0. The summed E-state index contributed by atoms with van der Waals surface area (Å²) in [7, 11) is 0. The lowest BCUT2D eigenvalue weighted by Crippen LogP contribution is -2.52. The standard InChI is InChI=1S/C26H50N2O3/c1-4-14-22(27)26(31)28-23(25(30)24(29)19-20(2)3)18-13-8-6-5-7-10-15-21-16-11-9-12-17-21/h4,20-25,29-30H,1,5-19,27H2,2-3H3,(H,28,31)/t22-,23-,24-,25+/m0/s1. The minimum absolute atomic E-state index is 0.276. The third-order valence-corrected chi connectivity index (χ3v) is 6.71. The van der Waals surface area contributed by atoms with Crippen LogP contribution in [0, 0.1) is 11.8 Å². The van der Waals surface area contributed by atoms with Crippen molar-refractivity contribution in [3.8, 4) is 0 Å². The molecule has 0 unspecified atom stereocenters. The molecule has 0 bridgehead atoms. The Morgan fingerprint density at radius 2 is 1.68 bits per heavy atom. The van der Waals surface area contributed by atoms with Gasteiger partial charge in [-0.1, -0.05) is 97.0 Å². The molecule has 1 saturated carbocycles. The van der Waals surface area contributed by atoms with Gasteiger partial charge in [0.05, 0.1) is 24.3 Å². The smallest absolute Gasteiger partial charge is 0.237 e. The van der Waals surface area contributed by atoms with Gasteiger partial charge in [-0.2, -0.15) is 0 Å². The summed E-state index contributed by atoms with van der Waals surface area (Å²) in [5.74, 6) is 0.963. The number of carbonyl (C=O) groups excluding carboxylic acids is 1. The summed E-state index contributed by atoms with van der Waals surface area (Å²) >= 11 is 0. The van der Waals surface area contributed by atoms with Crippen molar-refractivity contribution in [3.05, 3.63) is 12.7 Å². The molecule has 1 aliphatic rings. The number of unbranched alkanes of at least 4 members (excludes halogenated alkanes) is 5. The molecule has 1 aliphatic carbocycles. The Kier molecular flexibility index (Phi) is 15.1. The van der Waals surface area contributed by atoms with E-state index in [1.54, 1.807) is 6.08 Å². The fourth-order valence-electron chi connectivity index (χ4n) is 4.78. The lowest BCUT2D eigenvalue weighted by molar-refractivity contribution is -0.124. The van der Waals surface area contributed by atoms with Crippen molar-refractivity contribution in [1.82, 2.24) is 5.32 Å².